The smallest absolute Gasteiger partial charge is 0.319 e. The molecule has 0 aliphatic rings. The normalized spacial score (nSPS) is 11.6. The van der Waals surface area contributed by atoms with Crippen LogP contribution < -0.4 is 5.32 Å². The van der Waals surface area contributed by atoms with Gasteiger partial charge >= 0.3 is 6.18 Å². The van der Waals surface area contributed by atoms with E-state index in [1.165, 1.54) is 17.7 Å². The molecule has 0 unspecified atom stereocenters. The molecule has 1 nitrogen and oxygen atoms in total. The molecule has 0 radical (unpaired) electrons. The zero-order chi connectivity index (χ0) is 14.6. The van der Waals surface area contributed by atoms with Crippen LogP contribution in [-0.4, -0.2) is 13.6 Å². The fraction of sp³-hybridized carbons (Fsp3) is 0.250. The van der Waals surface area contributed by atoms with Crippen LogP contribution >= 0.6 is 0 Å². The number of hydrogen-bond acceptors (Lipinski definition) is 1. The van der Waals surface area contributed by atoms with E-state index in [4.69, 9.17) is 0 Å². The summed E-state index contributed by atoms with van der Waals surface area (Å²) in [6.45, 7) is 0.902. The van der Waals surface area contributed by atoms with Crippen LogP contribution in [0.3, 0.4) is 0 Å². The van der Waals surface area contributed by atoms with Gasteiger partial charge in [0.2, 0.25) is 0 Å². The first kappa shape index (κ1) is 14.6. The molecule has 0 heterocycles. The first-order valence-corrected chi connectivity index (χ1v) is 6.42. The Bertz CT molecular complexity index is 541. The maximum Gasteiger partial charge on any atom is 0.416 e. The van der Waals surface area contributed by atoms with Crippen LogP contribution in [0.4, 0.5) is 13.2 Å². The van der Waals surface area contributed by atoms with Gasteiger partial charge in [-0.25, -0.2) is 0 Å². The Kier molecular flexibility index (Phi) is 4.45. The molecular weight excluding hydrogens is 263 g/mol. The number of nitrogens with one attached hydrogen (secondary N) is 1. The second kappa shape index (κ2) is 6.09. The Balaban J connectivity index is 2.15. The third-order valence-corrected chi connectivity index (χ3v) is 3.16. The number of halogens is 3. The van der Waals surface area contributed by atoms with Gasteiger partial charge in [0.15, 0.2) is 0 Å². The van der Waals surface area contributed by atoms with E-state index in [-0.39, 0.29) is 0 Å². The Morgan fingerprint density at radius 1 is 0.850 bits per heavy atom. The number of rotatable bonds is 4. The van der Waals surface area contributed by atoms with Crippen LogP contribution in [0.25, 0.3) is 11.1 Å². The molecule has 2 aromatic rings. The van der Waals surface area contributed by atoms with E-state index in [1.807, 2.05) is 31.3 Å². The molecule has 20 heavy (non-hydrogen) atoms. The highest BCUT2D eigenvalue weighted by molar-refractivity contribution is 5.64. The van der Waals surface area contributed by atoms with Crippen molar-refractivity contribution >= 4 is 0 Å². The predicted molar refractivity (Wildman–Crippen MR) is 74.5 cm³/mol. The molecule has 0 saturated heterocycles. The van der Waals surface area contributed by atoms with Crippen LogP contribution in [0.2, 0.25) is 0 Å². The minimum absolute atomic E-state index is 0.619. The molecule has 0 amide bonds. The lowest BCUT2D eigenvalue weighted by molar-refractivity contribution is -0.137. The molecule has 0 atom stereocenters. The highest BCUT2D eigenvalue weighted by Crippen LogP contribution is 2.30. The maximum atomic E-state index is 12.5. The molecule has 0 aliphatic carbocycles. The lowest BCUT2D eigenvalue weighted by atomic mass is 10.0. The maximum absolute atomic E-state index is 12.5. The van der Waals surface area contributed by atoms with Crippen LogP contribution in [-0.2, 0) is 12.6 Å². The molecule has 2 aromatic carbocycles. The van der Waals surface area contributed by atoms with Gasteiger partial charge in [0, 0.05) is 0 Å². The summed E-state index contributed by atoms with van der Waals surface area (Å²) in [5, 5.41) is 3.08. The first-order valence-electron chi connectivity index (χ1n) is 6.42. The summed E-state index contributed by atoms with van der Waals surface area (Å²) >= 11 is 0. The molecule has 1 N–H and O–H groups in total. The van der Waals surface area contributed by atoms with Crippen molar-refractivity contribution in [3.8, 4) is 11.1 Å². The van der Waals surface area contributed by atoms with Gasteiger partial charge in [0.05, 0.1) is 5.56 Å². The summed E-state index contributed by atoms with van der Waals surface area (Å²) in [6, 6.07) is 13.1. The van der Waals surface area contributed by atoms with Gasteiger partial charge in [-0.15, -0.1) is 0 Å². The van der Waals surface area contributed by atoms with Gasteiger partial charge in [-0.1, -0.05) is 36.4 Å². The lowest BCUT2D eigenvalue weighted by Crippen LogP contribution is -2.10. The van der Waals surface area contributed by atoms with Crippen molar-refractivity contribution in [1.29, 1.82) is 0 Å². The molecule has 0 fully saturated rings. The molecule has 4 heteroatoms. The van der Waals surface area contributed by atoms with E-state index in [2.05, 4.69) is 5.32 Å². The summed E-state index contributed by atoms with van der Waals surface area (Å²) in [6.07, 6.45) is -3.35. The largest absolute Gasteiger partial charge is 0.416 e. The standard InChI is InChI=1S/C16H16F3N/c1-20-11-10-12-2-4-13(5-3-12)14-6-8-15(9-7-14)16(17,18)19/h2-9,20H,10-11H2,1H3. The fourth-order valence-electron chi connectivity index (χ4n) is 1.98. The zero-order valence-corrected chi connectivity index (χ0v) is 11.2. The van der Waals surface area contributed by atoms with E-state index in [1.54, 1.807) is 0 Å². The highest BCUT2D eigenvalue weighted by atomic mass is 19.4. The van der Waals surface area contributed by atoms with Crippen LogP contribution in [0, 0.1) is 0 Å². The molecule has 0 spiro atoms. The molecule has 2 rings (SSSR count). The van der Waals surface area contributed by atoms with Gasteiger partial charge < -0.3 is 5.32 Å². The van der Waals surface area contributed by atoms with E-state index >= 15 is 0 Å². The Labute approximate surface area is 116 Å². The monoisotopic (exact) mass is 279 g/mol. The molecule has 0 aromatic heterocycles. The SMILES string of the molecule is CNCCc1ccc(-c2ccc(C(F)(F)F)cc2)cc1. The van der Waals surface area contributed by atoms with Crippen molar-refractivity contribution in [2.45, 2.75) is 12.6 Å². The average molecular weight is 279 g/mol. The van der Waals surface area contributed by atoms with Crippen molar-refractivity contribution in [2.75, 3.05) is 13.6 Å². The summed E-state index contributed by atoms with van der Waals surface area (Å²) in [5.41, 5.74) is 2.30. The summed E-state index contributed by atoms with van der Waals surface area (Å²) < 4.78 is 37.5. The minimum atomic E-state index is -4.28. The third-order valence-electron chi connectivity index (χ3n) is 3.16. The van der Waals surface area contributed by atoms with Crippen LogP contribution in [0.15, 0.2) is 48.5 Å². The minimum Gasteiger partial charge on any atom is -0.319 e. The summed E-state index contributed by atoms with van der Waals surface area (Å²) in [7, 11) is 1.90. The van der Waals surface area contributed by atoms with Crippen molar-refractivity contribution in [3.63, 3.8) is 0 Å². The molecule has 0 saturated carbocycles. The van der Waals surface area contributed by atoms with Crippen LogP contribution in [0.5, 0.6) is 0 Å². The molecule has 0 bridgehead atoms. The molecular formula is C16H16F3N. The molecule has 106 valence electrons. The fourth-order valence-corrected chi connectivity index (χ4v) is 1.98. The van der Waals surface area contributed by atoms with E-state index in [0.717, 1.165) is 36.2 Å². The first-order chi connectivity index (χ1) is 9.50. The van der Waals surface area contributed by atoms with Crippen molar-refractivity contribution in [2.24, 2.45) is 0 Å². The van der Waals surface area contributed by atoms with Crippen molar-refractivity contribution < 1.29 is 13.2 Å². The number of hydrogen-bond donors (Lipinski definition) is 1. The van der Waals surface area contributed by atoms with Gasteiger partial charge in [-0.2, -0.15) is 13.2 Å². The average Bonchev–Trinajstić information content (AvgIpc) is 2.45. The molecule has 0 aliphatic heterocycles. The lowest BCUT2D eigenvalue weighted by Gasteiger charge is -2.08. The van der Waals surface area contributed by atoms with E-state index in [9.17, 15) is 13.2 Å². The van der Waals surface area contributed by atoms with Gasteiger partial charge in [0.25, 0.3) is 0 Å². The topological polar surface area (TPSA) is 12.0 Å². The number of likely N-dealkylation sites (N-methyl/N-ethyl adjacent to an activating group) is 1. The Hall–Kier alpha value is -1.81. The Morgan fingerprint density at radius 3 is 1.80 bits per heavy atom. The van der Waals surface area contributed by atoms with Gasteiger partial charge in [-0.05, 0) is 48.8 Å². The van der Waals surface area contributed by atoms with Crippen molar-refractivity contribution in [3.05, 3.63) is 59.7 Å². The van der Waals surface area contributed by atoms with E-state index < -0.39 is 11.7 Å². The van der Waals surface area contributed by atoms with E-state index in [0.29, 0.717) is 0 Å². The van der Waals surface area contributed by atoms with Gasteiger partial charge in [-0.3, -0.25) is 0 Å². The summed E-state index contributed by atoms with van der Waals surface area (Å²) in [5.74, 6) is 0. The highest BCUT2D eigenvalue weighted by Gasteiger charge is 2.29. The Morgan fingerprint density at radius 2 is 1.35 bits per heavy atom. The third kappa shape index (κ3) is 3.61. The predicted octanol–water partition coefficient (Wildman–Crippen LogP) is 4.13. The second-order valence-electron chi connectivity index (χ2n) is 4.63. The number of benzene rings is 2. The number of alkyl halides is 3. The second-order valence-corrected chi connectivity index (χ2v) is 4.63. The summed E-state index contributed by atoms with van der Waals surface area (Å²) in [4.78, 5) is 0. The van der Waals surface area contributed by atoms with Gasteiger partial charge in [0.1, 0.15) is 0 Å². The quantitative estimate of drug-likeness (QED) is 0.887. The van der Waals surface area contributed by atoms with Crippen molar-refractivity contribution in [1.82, 2.24) is 5.32 Å². The van der Waals surface area contributed by atoms with Crippen LogP contribution in [0.1, 0.15) is 11.1 Å². The zero-order valence-electron chi connectivity index (χ0n) is 11.2.